The van der Waals surface area contributed by atoms with Crippen LogP contribution >= 0.6 is 11.3 Å². The molecule has 1 aliphatic carbocycles. The van der Waals surface area contributed by atoms with Crippen molar-refractivity contribution < 1.29 is 0 Å². The van der Waals surface area contributed by atoms with Gasteiger partial charge in [0.15, 0.2) is 0 Å². The van der Waals surface area contributed by atoms with E-state index in [1.165, 1.54) is 17.7 Å². The summed E-state index contributed by atoms with van der Waals surface area (Å²) in [6.45, 7) is 4.37. The number of nitrogens with zero attached hydrogens (tertiary/aromatic N) is 1. The van der Waals surface area contributed by atoms with Gasteiger partial charge >= 0.3 is 0 Å². The molecule has 1 fully saturated rings. The summed E-state index contributed by atoms with van der Waals surface area (Å²) in [4.78, 5) is 4.07. The molecule has 3 heteroatoms. The SMILES string of the molecule is CC(N)CCN(Cc1cccs1)C1CC1. The molecule has 0 saturated heterocycles. The highest BCUT2D eigenvalue weighted by Gasteiger charge is 2.28. The Bertz CT molecular complexity index is 278. The van der Waals surface area contributed by atoms with Crippen LogP contribution in [0.25, 0.3) is 0 Å². The van der Waals surface area contributed by atoms with Gasteiger partial charge in [-0.05, 0) is 37.6 Å². The van der Waals surface area contributed by atoms with E-state index >= 15 is 0 Å². The van der Waals surface area contributed by atoms with Crippen LogP contribution in [0.3, 0.4) is 0 Å². The molecule has 0 spiro atoms. The monoisotopic (exact) mass is 224 g/mol. The van der Waals surface area contributed by atoms with E-state index in [1.807, 2.05) is 11.3 Å². The van der Waals surface area contributed by atoms with Crippen LogP contribution in [0.1, 0.15) is 31.1 Å². The summed E-state index contributed by atoms with van der Waals surface area (Å²) < 4.78 is 0. The van der Waals surface area contributed by atoms with E-state index in [2.05, 4.69) is 29.3 Å². The average molecular weight is 224 g/mol. The number of hydrogen-bond acceptors (Lipinski definition) is 3. The second-order valence-electron chi connectivity index (χ2n) is 4.55. The van der Waals surface area contributed by atoms with Crippen LogP contribution in [0.15, 0.2) is 17.5 Å². The maximum absolute atomic E-state index is 5.81. The van der Waals surface area contributed by atoms with Crippen molar-refractivity contribution in [2.24, 2.45) is 5.73 Å². The molecule has 1 aromatic rings. The van der Waals surface area contributed by atoms with E-state index in [1.54, 1.807) is 0 Å². The largest absolute Gasteiger partial charge is 0.328 e. The third-order valence-corrected chi connectivity index (χ3v) is 3.74. The van der Waals surface area contributed by atoms with Crippen LogP contribution in [-0.2, 0) is 6.54 Å². The van der Waals surface area contributed by atoms with Crippen molar-refractivity contribution >= 4 is 11.3 Å². The summed E-state index contributed by atoms with van der Waals surface area (Å²) in [5, 5.41) is 2.16. The zero-order valence-electron chi connectivity index (χ0n) is 9.36. The molecule has 0 aromatic carbocycles. The van der Waals surface area contributed by atoms with Gasteiger partial charge in [-0.15, -0.1) is 11.3 Å². The van der Waals surface area contributed by atoms with Crippen LogP contribution < -0.4 is 5.73 Å². The van der Waals surface area contributed by atoms with Crippen molar-refractivity contribution in [1.29, 1.82) is 0 Å². The first-order valence-corrected chi connectivity index (χ1v) is 6.65. The lowest BCUT2D eigenvalue weighted by atomic mass is 10.2. The summed E-state index contributed by atoms with van der Waals surface area (Å²) in [6.07, 6.45) is 3.87. The van der Waals surface area contributed by atoms with Crippen LogP contribution in [0.2, 0.25) is 0 Å². The van der Waals surface area contributed by atoms with Crippen molar-refractivity contribution in [1.82, 2.24) is 4.90 Å². The summed E-state index contributed by atoms with van der Waals surface area (Å²) in [7, 11) is 0. The number of thiophene rings is 1. The van der Waals surface area contributed by atoms with E-state index < -0.39 is 0 Å². The molecule has 1 aliphatic rings. The first-order valence-electron chi connectivity index (χ1n) is 5.77. The van der Waals surface area contributed by atoms with Gasteiger partial charge < -0.3 is 5.73 Å². The van der Waals surface area contributed by atoms with Gasteiger partial charge in [-0.3, -0.25) is 4.90 Å². The van der Waals surface area contributed by atoms with E-state index in [-0.39, 0.29) is 0 Å². The Balaban J connectivity index is 1.83. The number of nitrogens with two attached hydrogens (primary N) is 1. The summed E-state index contributed by atoms with van der Waals surface area (Å²) >= 11 is 1.86. The Labute approximate surface area is 96.1 Å². The number of hydrogen-bond donors (Lipinski definition) is 1. The predicted octanol–water partition coefficient (Wildman–Crippen LogP) is 2.45. The minimum Gasteiger partial charge on any atom is -0.328 e. The van der Waals surface area contributed by atoms with Crippen LogP contribution in [0.4, 0.5) is 0 Å². The van der Waals surface area contributed by atoms with Gasteiger partial charge in [-0.2, -0.15) is 0 Å². The highest BCUT2D eigenvalue weighted by Crippen LogP contribution is 2.29. The van der Waals surface area contributed by atoms with Gasteiger partial charge in [-0.25, -0.2) is 0 Å². The fourth-order valence-corrected chi connectivity index (χ4v) is 2.53. The zero-order valence-corrected chi connectivity index (χ0v) is 10.2. The first kappa shape index (κ1) is 11.1. The van der Waals surface area contributed by atoms with Gasteiger partial charge in [-0.1, -0.05) is 6.07 Å². The highest BCUT2D eigenvalue weighted by molar-refractivity contribution is 7.09. The van der Waals surface area contributed by atoms with Gasteiger partial charge in [0.25, 0.3) is 0 Å². The molecule has 1 saturated carbocycles. The molecule has 2 nitrogen and oxygen atoms in total. The number of rotatable bonds is 6. The molecule has 0 radical (unpaired) electrons. The zero-order chi connectivity index (χ0) is 10.7. The summed E-state index contributed by atoms with van der Waals surface area (Å²) in [5.74, 6) is 0. The maximum Gasteiger partial charge on any atom is 0.0330 e. The lowest BCUT2D eigenvalue weighted by molar-refractivity contribution is 0.248. The quantitative estimate of drug-likeness (QED) is 0.804. The average Bonchev–Trinajstić information content (AvgIpc) is 2.91. The molecule has 1 aromatic heterocycles. The molecule has 0 bridgehead atoms. The van der Waals surface area contributed by atoms with Crippen LogP contribution in [-0.4, -0.2) is 23.5 Å². The van der Waals surface area contributed by atoms with E-state index in [9.17, 15) is 0 Å². The van der Waals surface area contributed by atoms with Gasteiger partial charge in [0.1, 0.15) is 0 Å². The molecule has 2 rings (SSSR count). The normalized spacial score (nSPS) is 18.3. The maximum atomic E-state index is 5.81. The van der Waals surface area contributed by atoms with Gasteiger partial charge in [0, 0.05) is 30.1 Å². The predicted molar refractivity (Wildman–Crippen MR) is 66.0 cm³/mol. The molecule has 1 heterocycles. The fourth-order valence-electron chi connectivity index (χ4n) is 1.80. The third kappa shape index (κ3) is 3.59. The molecule has 0 aliphatic heterocycles. The molecular weight excluding hydrogens is 204 g/mol. The summed E-state index contributed by atoms with van der Waals surface area (Å²) in [5.41, 5.74) is 5.81. The van der Waals surface area contributed by atoms with E-state index in [4.69, 9.17) is 5.73 Å². The second-order valence-corrected chi connectivity index (χ2v) is 5.58. The van der Waals surface area contributed by atoms with E-state index in [0.29, 0.717) is 6.04 Å². The fraction of sp³-hybridized carbons (Fsp3) is 0.667. The molecule has 84 valence electrons. The van der Waals surface area contributed by atoms with Crippen molar-refractivity contribution in [2.75, 3.05) is 6.54 Å². The van der Waals surface area contributed by atoms with Crippen molar-refractivity contribution in [3.63, 3.8) is 0 Å². The Morgan fingerprint density at radius 2 is 2.40 bits per heavy atom. The Morgan fingerprint density at radius 3 is 2.93 bits per heavy atom. The molecule has 0 amide bonds. The van der Waals surface area contributed by atoms with Crippen molar-refractivity contribution in [3.8, 4) is 0 Å². The third-order valence-electron chi connectivity index (χ3n) is 2.87. The van der Waals surface area contributed by atoms with Gasteiger partial charge in [0.2, 0.25) is 0 Å². The lowest BCUT2D eigenvalue weighted by Crippen LogP contribution is -2.30. The Morgan fingerprint density at radius 1 is 1.60 bits per heavy atom. The second kappa shape index (κ2) is 5.10. The molecule has 2 N–H and O–H groups in total. The Hall–Kier alpha value is -0.380. The topological polar surface area (TPSA) is 29.3 Å². The first-order chi connectivity index (χ1) is 7.25. The Kier molecular flexibility index (Phi) is 3.78. The van der Waals surface area contributed by atoms with Crippen molar-refractivity contribution in [2.45, 2.75) is 44.8 Å². The van der Waals surface area contributed by atoms with E-state index in [0.717, 1.165) is 25.6 Å². The molecule has 1 unspecified atom stereocenters. The molecule has 1 atom stereocenters. The molecule has 15 heavy (non-hydrogen) atoms. The summed E-state index contributed by atoms with van der Waals surface area (Å²) in [6, 6.07) is 5.53. The standard InChI is InChI=1S/C12H20N2S/c1-10(13)6-7-14(11-4-5-11)9-12-3-2-8-15-12/h2-3,8,10-11H,4-7,9,13H2,1H3. The van der Waals surface area contributed by atoms with Crippen molar-refractivity contribution in [3.05, 3.63) is 22.4 Å². The smallest absolute Gasteiger partial charge is 0.0330 e. The lowest BCUT2D eigenvalue weighted by Gasteiger charge is -2.22. The minimum atomic E-state index is 0.328. The highest BCUT2D eigenvalue weighted by atomic mass is 32.1. The minimum absolute atomic E-state index is 0.328. The van der Waals surface area contributed by atoms with Crippen LogP contribution in [0, 0.1) is 0 Å². The molecular formula is C12H20N2S. The van der Waals surface area contributed by atoms with Gasteiger partial charge in [0.05, 0.1) is 0 Å². The van der Waals surface area contributed by atoms with Crippen LogP contribution in [0.5, 0.6) is 0 Å².